The average molecular weight is 254 g/mol. The molecular weight excluding hydrogens is 242 g/mol. The molecule has 0 radical (unpaired) electrons. The number of rotatable bonds is 2. The van der Waals surface area contributed by atoms with Crippen LogP contribution in [0, 0.1) is 0 Å². The lowest BCUT2D eigenvalue weighted by molar-refractivity contribution is -0.122. The van der Waals surface area contributed by atoms with E-state index in [2.05, 4.69) is 5.32 Å². The number of nitrogens with two attached hydrogens (primary N) is 1. The Balaban J connectivity index is 2.09. The summed E-state index contributed by atoms with van der Waals surface area (Å²) in [5, 5.41) is 2.87. The molecule has 0 spiro atoms. The van der Waals surface area contributed by atoms with Gasteiger partial charge in [-0.2, -0.15) is 0 Å². The number of urea groups is 1. The van der Waals surface area contributed by atoms with E-state index in [9.17, 15) is 9.59 Å². The number of hydrogen-bond acceptors (Lipinski definition) is 3. The van der Waals surface area contributed by atoms with Crippen LogP contribution < -0.4 is 11.1 Å². The number of nitrogens with zero attached hydrogens (tertiary/aromatic N) is 1. The second-order valence-electron chi connectivity index (χ2n) is 3.88. The second-order valence-corrected chi connectivity index (χ2v) is 4.32. The molecular formula is C11H12ClN3O2. The Morgan fingerprint density at radius 2 is 2.00 bits per heavy atom. The molecule has 1 aromatic carbocycles. The van der Waals surface area contributed by atoms with Gasteiger partial charge in [0.1, 0.15) is 0 Å². The third-order valence-electron chi connectivity index (χ3n) is 2.57. The van der Waals surface area contributed by atoms with Crippen LogP contribution in [-0.4, -0.2) is 23.0 Å². The number of carbonyl (C=O) groups is 2. The zero-order valence-electron chi connectivity index (χ0n) is 9.02. The standard InChI is InChI=1S/C11H12ClN3O2/c12-8-3-1-7(2-4-8)6-15-9(13)5-10(16)14-11(15)17/h1-4,9H,5-6,13H2,(H,14,16,17). The van der Waals surface area contributed by atoms with Crippen molar-refractivity contribution in [2.45, 2.75) is 19.1 Å². The van der Waals surface area contributed by atoms with Crippen molar-refractivity contribution in [1.82, 2.24) is 10.2 Å². The number of amides is 3. The Labute approximate surface area is 104 Å². The molecule has 2 rings (SSSR count). The summed E-state index contributed by atoms with van der Waals surface area (Å²) in [5.41, 5.74) is 6.67. The lowest BCUT2D eigenvalue weighted by Gasteiger charge is -2.32. The van der Waals surface area contributed by atoms with Gasteiger partial charge in [-0.25, -0.2) is 4.79 Å². The summed E-state index contributed by atoms with van der Waals surface area (Å²) in [6.45, 7) is 0.359. The first-order chi connectivity index (χ1) is 8.06. The number of imide groups is 1. The number of carbonyl (C=O) groups excluding carboxylic acids is 2. The molecule has 0 bridgehead atoms. The maximum atomic E-state index is 11.6. The first-order valence-corrected chi connectivity index (χ1v) is 5.54. The summed E-state index contributed by atoms with van der Waals surface area (Å²) in [6.07, 6.45) is -0.453. The van der Waals surface area contributed by atoms with E-state index in [0.29, 0.717) is 11.6 Å². The van der Waals surface area contributed by atoms with Crippen molar-refractivity contribution in [2.75, 3.05) is 0 Å². The van der Waals surface area contributed by atoms with Gasteiger partial charge in [0.2, 0.25) is 5.91 Å². The fraction of sp³-hybridized carbons (Fsp3) is 0.273. The minimum atomic E-state index is -0.577. The topological polar surface area (TPSA) is 75.4 Å². The number of nitrogens with one attached hydrogen (secondary N) is 1. The van der Waals surface area contributed by atoms with E-state index in [4.69, 9.17) is 17.3 Å². The molecule has 1 saturated heterocycles. The summed E-state index contributed by atoms with van der Waals surface area (Å²) >= 11 is 5.77. The third-order valence-corrected chi connectivity index (χ3v) is 2.82. The zero-order chi connectivity index (χ0) is 12.4. The molecule has 3 N–H and O–H groups in total. The highest BCUT2D eigenvalue weighted by Crippen LogP contribution is 2.14. The van der Waals surface area contributed by atoms with E-state index in [1.54, 1.807) is 12.1 Å². The van der Waals surface area contributed by atoms with Crippen LogP contribution in [-0.2, 0) is 11.3 Å². The third kappa shape index (κ3) is 2.75. The Morgan fingerprint density at radius 1 is 1.35 bits per heavy atom. The molecule has 1 aromatic rings. The monoisotopic (exact) mass is 253 g/mol. The van der Waals surface area contributed by atoms with Crippen molar-refractivity contribution >= 4 is 23.5 Å². The Kier molecular flexibility index (Phi) is 3.31. The first-order valence-electron chi connectivity index (χ1n) is 5.17. The van der Waals surface area contributed by atoms with E-state index in [1.165, 1.54) is 4.90 Å². The van der Waals surface area contributed by atoms with Crippen LogP contribution in [0.25, 0.3) is 0 Å². The van der Waals surface area contributed by atoms with Gasteiger partial charge in [0.15, 0.2) is 0 Å². The van der Waals surface area contributed by atoms with Gasteiger partial charge in [0.05, 0.1) is 12.6 Å². The second kappa shape index (κ2) is 4.73. The summed E-state index contributed by atoms with van der Waals surface area (Å²) in [7, 11) is 0. The van der Waals surface area contributed by atoms with Crippen molar-refractivity contribution < 1.29 is 9.59 Å². The van der Waals surface area contributed by atoms with Gasteiger partial charge in [-0.15, -0.1) is 0 Å². The van der Waals surface area contributed by atoms with Crippen molar-refractivity contribution in [3.63, 3.8) is 0 Å². The van der Waals surface area contributed by atoms with Gasteiger partial charge in [-0.1, -0.05) is 23.7 Å². The van der Waals surface area contributed by atoms with Crippen LogP contribution in [0.4, 0.5) is 4.79 Å². The van der Waals surface area contributed by atoms with Gasteiger partial charge in [0, 0.05) is 11.6 Å². The Bertz CT molecular complexity index is 447. The lowest BCUT2D eigenvalue weighted by Crippen LogP contribution is -2.57. The summed E-state index contributed by atoms with van der Waals surface area (Å²) in [6, 6.07) is 6.67. The highest BCUT2D eigenvalue weighted by atomic mass is 35.5. The van der Waals surface area contributed by atoms with Crippen molar-refractivity contribution in [3.8, 4) is 0 Å². The molecule has 6 heteroatoms. The molecule has 5 nitrogen and oxygen atoms in total. The molecule has 0 aromatic heterocycles. The Hall–Kier alpha value is -1.59. The van der Waals surface area contributed by atoms with E-state index >= 15 is 0 Å². The van der Waals surface area contributed by atoms with Crippen molar-refractivity contribution in [1.29, 1.82) is 0 Å². The van der Waals surface area contributed by atoms with Gasteiger partial charge < -0.3 is 10.6 Å². The Morgan fingerprint density at radius 3 is 2.59 bits per heavy atom. The van der Waals surface area contributed by atoms with Crippen LogP contribution in [0.1, 0.15) is 12.0 Å². The minimum absolute atomic E-state index is 0.124. The molecule has 1 aliphatic heterocycles. The summed E-state index contributed by atoms with van der Waals surface area (Å²) in [4.78, 5) is 24.1. The van der Waals surface area contributed by atoms with Crippen LogP contribution in [0.15, 0.2) is 24.3 Å². The molecule has 1 aliphatic rings. The molecule has 1 unspecified atom stereocenters. The SMILES string of the molecule is NC1CC(=O)NC(=O)N1Cc1ccc(Cl)cc1. The number of hydrogen-bond donors (Lipinski definition) is 2. The van der Waals surface area contributed by atoms with Gasteiger partial charge in [0.25, 0.3) is 0 Å². The largest absolute Gasteiger partial charge is 0.325 e. The average Bonchev–Trinajstić information content (AvgIpc) is 2.26. The summed E-state index contributed by atoms with van der Waals surface area (Å²) in [5.74, 6) is -0.338. The zero-order valence-corrected chi connectivity index (χ0v) is 9.78. The quantitative estimate of drug-likeness (QED) is 0.828. The molecule has 0 saturated carbocycles. The fourth-order valence-electron chi connectivity index (χ4n) is 1.67. The van der Waals surface area contributed by atoms with Gasteiger partial charge in [-0.3, -0.25) is 10.1 Å². The van der Waals surface area contributed by atoms with E-state index in [0.717, 1.165) is 5.56 Å². The van der Waals surface area contributed by atoms with Gasteiger partial charge in [-0.05, 0) is 17.7 Å². The maximum Gasteiger partial charge on any atom is 0.325 e. The minimum Gasteiger partial charge on any atom is -0.311 e. The molecule has 0 aliphatic carbocycles. The van der Waals surface area contributed by atoms with Crippen LogP contribution in [0.5, 0.6) is 0 Å². The fourth-order valence-corrected chi connectivity index (χ4v) is 1.79. The van der Waals surface area contributed by atoms with Crippen LogP contribution in [0.2, 0.25) is 5.02 Å². The van der Waals surface area contributed by atoms with E-state index in [1.807, 2.05) is 12.1 Å². The predicted molar refractivity (Wildman–Crippen MR) is 63.1 cm³/mol. The highest BCUT2D eigenvalue weighted by molar-refractivity contribution is 6.30. The number of halogens is 1. The van der Waals surface area contributed by atoms with Crippen LogP contribution in [0.3, 0.4) is 0 Å². The lowest BCUT2D eigenvalue weighted by atomic mass is 10.2. The predicted octanol–water partition coefficient (Wildman–Crippen LogP) is 1.07. The van der Waals surface area contributed by atoms with E-state index in [-0.39, 0.29) is 12.3 Å². The van der Waals surface area contributed by atoms with Crippen LogP contribution >= 0.6 is 11.6 Å². The van der Waals surface area contributed by atoms with Gasteiger partial charge >= 0.3 is 6.03 Å². The van der Waals surface area contributed by atoms with Crippen molar-refractivity contribution in [2.24, 2.45) is 5.73 Å². The van der Waals surface area contributed by atoms with Crippen molar-refractivity contribution in [3.05, 3.63) is 34.9 Å². The first kappa shape index (κ1) is 11.9. The maximum absolute atomic E-state index is 11.6. The number of benzene rings is 1. The highest BCUT2D eigenvalue weighted by Gasteiger charge is 2.29. The molecule has 90 valence electrons. The van der Waals surface area contributed by atoms with E-state index < -0.39 is 12.2 Å². The molecule has 1 atom stereocenters. The molecule has 1 heterocycles. The smallest absolute Gasteiger partial charge is 0.311 e. The molecule has 3 amide bonds. The molecule has 17 heavy (non-hydrogen) atoms. The normalized spacial score (nSPS) is 20.4. The summed E-state index contributed by atoms with van der Waals surface area (Å²) < 4.78 is 0. The molecule has 1 fully saturated rings.